The van der Waals surface area contributed by atoms with Crippen LogP contribution in [-0.4, -0.2) is 116 Å². The molecule has 3 N–H and O–H groups in total. The van der Waals surface area contributed by atoms with Crippen LogP contribution in [0.1, 0.15) is 100 Å². The summed E-state index contributed by atoms with van der Waals surface area (Å²) in [6.45, 7) is 11.1. The van der Waals surface area contributed by atoms with Crippen molar-refractivity contribution in [1.29, 1.82) is 0 Å². The van der Waals surface area contributed by atoms with Gasteiger partial charge in [0.25, 0.3) is 5.91 Å². The van der Waals surface area contributed by atoms with E-state index in [1.807, 2.05) is 94.2 Å². The topological polar surface area (TPSA) is 160 Å². The quantitative estimate of drug-likeness (QED) is 0.0816. The molecule has 1 saturated heterocycles. The molecule has 4 rings (SSSR count). The molecule has 1 fully saturated rings. The highest BCUT2D eigenvalue weighted by Crippen LogP contribution is 2.32. The number of nitrogens with one attached hydrogen (secondary N) is 2. The first kappa shape index (κ1) is 48.5. The van der Waals surface area contributed by atoms with Gasteiger partial charge >= 0.3 is 5.97 Å². The van der Waals surface area contributed by atoms with Gasteiger partial charge in [-0.3, -0.25) is 24.1 Å². The molecule has 14 heteroatoms. The van der Waals surface area contributed by atoms with Crippen LogP contribution in [0.15, 0.2) is 60.0 Å². The van der Waals surface area contributed by atoms with Crippen LogP contribution >= 0.6 is 11.3 Å². The number of hydrogen-bond donors (Lipinski definition) is 3. The van der Waals surface area contributed by atoms with Crippen molar-refractivity contribution in [3.63, 3.8) is 0 Å². The number of nitrogens with zero attached hydrogens (tertiary/aromatic N) is 3. The van der Waals surface area contributed by atoms with Crippen molar-refractivity contribution in [1.82, 2.24) is 25.4 Å². The Kier molecular flexibility index (Phi) is 19.6. The van der Waals surface area contributed by atoms with Crippen LogP contribution in [0.5, 0.6) is 0 Å². The van der Waals surface area contributed by atoms with Gasteiger partial charge in [0, 0.05) is 44.6 Å². The van der Waals surface area contributed by atoms with Crippen LogP contribution < -0.4 is 10.6 Å². The second kappa shape index (κ2) is 24.3. The fourth-order valence-corrected chi connectivity index (χ4v) is 8.64. The Balaban J connectivity index is 1.56. The van der Waals surface area contributed by atoms with Crippen LogP contribution in [0.25, 0.3) is 11.1 Å². The summed E-state index contributed by atoms with van der Waals surface area (Å²) in [5, 5.41) is 18.2. The van der Waals surface area contributed by atoms with E-state index in [4.69, 9.17) is 19.2 Å². The predicted octanol–water partition coefficient (Wildman–Crippen LogP) is 6.83. The summed E-state index contributed by atoms with van der Waals surface area (Å²) in [5.41, 5.74) is 3.31. The van der Waals surface area contributed by atoms with Gasteiger partial charge in [-0.1, -0.05) is 102 Å². The zero-order valence-electron chi connectivity index (χ0n) is 36.7. The van der Waals surface area contributed by atoms with Crippen molar-refractivity contribution < 1.29 is 38.5 Å². The summed E-state index contributed by atoms with van der Waals surface area (Å²) in [7, 11) is 5.09. The average molecular weight is 850 g/mol. The van der Waals surface area contributed by atoms with Crippen LogP contribution in [0.3, 0.4) is 0 Å². The number of carboxylic acid groups (broad SMARTS) is 1. The third kappa shape index (κ3) is 13.9. The van der Waals surface area contributed by atoms with Crippen molar-refractivity contribution in [3.05, 3.63) is 76.2 Å². The number of carbonyl (C=O) groups excluding carboxylic acids is 3. The molecule has 1 aliphatic rings. The Labute approximate surface area is 360 Å². The maximum absolute atomic E-state index is 14.7. The van der Waals surface area contributed by atoms with Gasteiger partial charge in [0.2, 0.25) is 11.8 Å². The molecule has 13 nitrogen and oxygen atoms in total. The molecule has 60 heavy (non-hydrogen) atoms. The van der Waals surface area contributed by atoms with E-state index < -0.39 is 36.0 Å². The Hall–Kier alpha value is -4.21. The number of hydrogen-bond acceptors (Lipinski definition) is 10. The molecule has 0 radical (unpaired) electrons. The first-order chi connectivity index (χ1) is 28.8. The highest BCUT2D eigenvalue weighted by Gasteiger charge is 2.38. The third-order valence-electron chi connectivity index (χ3n) is 11.6. The molecule has 3 aromatic rings. The van der Waals surface area contributed by atoms with Gasteiger partial charge in [-0.2, -0.15) is 0 Å². The largest absolute Gasteiger partial charge is 0.481 e. The van der Waals surface area contributed by atoms with Crippen molar-refractivity contribution >= 4 is 35.0 Å². The molecule has 0 spiro atoms. The van der Waals surface area contributed by atoms with E-state index in [0.717, 1.165) is 42.5 Å². The molecule has 3 amide bonds. The minimum Gasteiger partial charge on any atom is -0.481 e. The van der Waals surface area contributed by atoms with E-state index in [1.165, 1.54) is 18.4 Å². The van der Waals surface area contributed by atoms with Crippen molar-refractivity contribution in [3.8, 4) is 11.1 Å². The molecule has 1 aromatic heterocycles. The summed E-state index contributed by atoms with van der Waals surface area (Å²) >= 11 is 1.28. The van der Waals surface area contributed by atoms with E-state index in [-0.39, 0.29) is 54.6 Å². The number of rotatable bonds is 24. The maximum Gasteiger partial charge on any atom is 0.306 e. The first-order valence-corrected chi connectivity index (χ1v) is 22.2. The number of thiazole rings is 1. The Morgan fingerprint density at radius 2 is 1.65 bits per heavy atom. The maximum atomic E-state index is 14.7. The second-order valence-corrected chi connectivity index (χ2v) is 17.4. The van der Waals surface area contributed by atoms with Gasteiger partial charge in [-0.15, -0.1) is 11.3 Å². The van der Waals surface area contributed by atoms with Crippen molar-refractivity contribution in [2.24, 2.45) is 17.8 Å². The molecule has 0 aliphatic carbocycles. The first-order valence-electron chi connectivity index (χ1n) is 21.3. The van der Waals surface area contributed by atoms with Gasteiger partial charge in [0.1, 0.15) is 29.6 Å². The molecule has 7 atom stereocenters. The van der Waals surface area contributed by atoms with Crippen molar-refractivity contribution in [2.75, 3.05) is 47.8 Å². The number of methoxy groups -OCH3 is 2. The molecular weight excluding hydrogens is 783 g/mol. The third-order valence-corrected chi connectivity index (χ3v) is 12.6. The molecule has 3 unspecified atom stereocenters. The number of aliphatic carboxylic acids is 1. The molecule has 0 saturated carbocycles. The molecule has 0 bridgehead atoms. The Bertz CT molecular complexity index is 1790. The van der Waals surface area contributed by atoms with Crippen LogP contribution in [-0.2, 0) is 35.0 Å². The predicted molar refractivity (Wildman–Crippen MR) is 235 cm³/mol. The summed E-state index contributed by atoms with van der Waals surface area (Å²) in [5.74, 6) is -2.49. The summed E-state index contributed by atoms with van der Waals surface area (Å²) in [4.78, 5) is 62.8. The van der Waals surface area contributed by atoms with Crippen LogP contribution in [0.4, 0.5) is 0 Å². The van der Waals surface area contributed by atoms with Crippen molar-refractivity contribution in [2.45, 2.75) is 110 Å². The number of aromatic nitrogens is 1. The zero-order valence-corrected chi connectivity index (χ0v) is 37.5. The van der Waals surface area contributed by atoms with E-state index >= 15 is 0 Å². The average Bonchev–Trinajstić information content (AvgIpc) is 3.74. The Morgan fingerprint density at radius 3 is 2.27 bits per heavy atom. The summed E-state index contributed by atoms with van der Waals surface area (Å²) in [6.07, 6.45) is 3.84. The van der Waals surface area contributed by atoms with Crippen LogP contribution in [0, 0.1) is 17.8 Å². The fraction of sp³-hybridized carbons (Fsp3) is 0.587. The van der Waals surface area contributed by atoms with E-state index in [2.05, 4.69) is 15.5 Å². The monoisotopic (exact) mass is 849 g/mol. The normalized spacial score (nSPS) is 17.6. The number of likely N-dealkylation sites (N-methyl/N-ethyl adjacent to an activating group) is 1. The van der Waals surface area contributed by atoms with E-state index in [9.17, 15) is 24.3 Å². The summed E-state index contributed by atoms with van der Waals surface area (Å²) in [6, 6.07) is 16.3. The van der Waals surface area contributed by atoms with E-state index in [0.29, 0.717) is 37.4 Å². The SMILES string of the molecule is CCC(C)C(NC(=O)C1CCCCN1C)C(=O)N(CCOC)[C@H](C[C@@H](OCOC)c1nc(C(=O)N[C@@H](Cc2ccc(-c3ccccc3)cc2)C[C@H](C)C(=O)O)cs1)C(C)C. The fourth-order valence-electron chi connectivity index (χ4n) is 7.78. The Morgan fingerprint density at radius 1 is 0.950 bits per heavy atom. The molecule has 2 heterocycles. The highest BCUT2D eigenvalue weighted by molar-refractivity contribution is 7.09. The van der Waals surface area contributed by atoms with Gasteiger partial charge < -0.3 is 34.9 Å². The van der Waals surface area contributed by atoms with E-state index in [1.54, 1.807) is 19.4 Å². The number of ether oxygens (including phenoxy) is 3. The number of amides is 3. The zero-order chi connectivity index (χ0) is 43.8. The van der Waals surface area contributed by atoms with Gasteiger partial charge in [-0.25, -0.2) is 4.98 Å². The lowest BCUT2D eigenvalue weighted by molar-refractivity contribution is -0.144. The lowest BCUT2D eigenvalue weighted by Gasteiger charge is -2.40. The number of carboxylic acids is 1. The smallest absolute Gasteiger partial charge is 0.306 e. The standard InChI is InChI=1S/C46H67N5O8S/c1-9-31(4)41(49-43(53)38-17-13-14-22-50(38)6)45(54)51(23-24-57-7)39(30(2)3)27-40(59-29-58-8)44-48-37(28-60-44)42(52)47-36(25-32(5)46(55)56)26-33-18-20-35(21-19-33)34-15-11-10-12-16-34/h10-12,15-16,18-21,28,30-32,36,38-41H,9,13-14,17,22-27,29H2,1-8H3,(H,47,52)(H,49,53)(H,55,56)/t31?,32-,36+,38?,39+,40+,41?/m0/s1. The van der Waals surface area contributed by atoms with Gasteiger partial charge in [-0.05, 0) is 67.8 Å². The lowest BCUT2D eigenvalue weighted by Crippen LogP contribution is -2.59. The number of likely N-dealkylation sites (tertiary alicyclic amines) is 1. The lowest BCUT2D eigenvalue weighted by atomic mass is 9.92. The second-order valence-electron chi connectivity index (χ2n) is 16.5. The minimum atomic E-state index is -0.935. The molecule has 330 valence electrons. The molecule has 1 aliphatic heterocycles. The molecular formula is C46H67N5O8S. The summed E-state index contributed by atoms with van der Waals surface area (Å²) < 4.78 is 17.1. The van der Waals surface area contributed by atoms with Gasteiger partial charge in [0.05, 0.1) is 18.6 Å². The molecule has 2 aromatic carbocycles. The minimum absolute atomic E-state index is 0.0290. The number of carbonyl (C=O) groups is 4. The van der Waals surface area contributed by atoms with Crippen LogP contribution in [0.2, 0.25) is 0 Å². The number of piperidine rings is 1. The number of benzene rings is 2. The highest BCUT2D eigenvalue weighted by atomic mass is 32.1. The van der Waals surface area contributed by atoms with Gasteiger partial charge in [0.15, 0.2) is 0 Å².